The molecule has 2 amide bonds. The molecule has 2 aliphatic rings. The number of carboxylic acid groups (broad SMARTS) is 1. The fourth-order valence-corrected chi connectivity index (χ4v) is 5.55. The molecule has 43 heavy (non-hydrogen) atoms. The number of carboxylic acids is 1. The monoisotopic (exact) mass is 599 g/mol. The normalized spacial score (nSPS) is 16.2. The Morgan fingerprint density at radius 3 is 2.70 bits per heavy atom. The van der Waals surface area contributed by atoms with Gasteiger partial charge in [0.2, 0.25) is 0 Å². The van der Waals surface area contributed by atoms with E-state index in [0.717, 1.165) is 43.7 Å². The quantitative estimate of drug-likeness (QED) is 0.267. The first kappa shape index (κ1) is 32.5. The number of hydrogen-bond donors (Lipinski definition) is 3. The first-order valence-corrected chi connectivity index (χ1v) is 15.2. The summed E-state index contributed by atoms with van der Waals surface area (Å²) in [6.45, 7) is 10.5. The van der Waals surface area contributed by atoms with Crippen molar-refractivity contribution in [2.45, 2.75) is 83.5 Å². The highest BCUT2D eigenvalue weighted by atomic mass is 19.1. The molecule has 4 N–H and O–H groups in total. The maximum Gasteiger partial charge on any atom is 0.320 e. The van der Waals surface area contributed by atoms with Crippen molar-refractivity contribution in [3.8, 4) is 5.75 Å². The predicted molar refractivity (Wildman–Crippen MR) is 163 cm³/mol. The van der Waals surface area contributed by atoms with Gasteiger partial charge in [-0.15, -0.1) is 0 Å². The van der Waals surface area contributed by atoms with Crippen molar-refractivity contribution in [3.63, 3.8) is 0 Å². The van der Waals surface area contributed by atoms with Gasteiger partial charge in [-0.3, -0.25) is 4.79 Å². The van der Waals surface area contributed by atoms with Crippen LogP contribution >= 0.6 is 0 Å². The van der Waals surface area contributed by atoms with Crippen molar-refractivity contribution in [1.82, 2.24) is 14.8 Å². The fraction of sp³-hybridized carbons (Fsp3) is 0.594. The van der Waals surface area contributed by atoms with Gasteiger partial charge >= 0.3 is 12.0 Å². The number of fused-ring (bicyclic) bond motifs is 1. The van der Waals surface area contributed by atoms with Crippen LogP contribution in [0, 0.1) is 5.82 Å². The SMILES string of the molecule is CC(C)(CCN)OCC(C)(C)Oc1ccc([C@H](CC(=O)O)N2CCN(CCCc3ccc4c(n3)NCCC4)C2=O)cc1F. The van der Waals surface area contributed by atoms with Crippen LogP contribution in [-0.2, 0) is 22.4 Å². The molecule has 1 aromatic carbocycles. The van der Waals surface area contributed by atoms with Crippen molar-refractivity contribution >= 4 is 17.8 Å². The summed E-state index contributed by atoms with van der Waals surface area (Å²) in [7, 11) is 0. The molecule has 0 unspecified atom stereocenters. The van der Waals surface area contributed by atoms with Crippen molar-refractivity contribution < 1.29 is 28.6 Å². The number of aliphatic carboxylic acids is 1. The molecule has 2 aliphatic heterocycles. The molecule has 1 fully saturated rings. The lowest BCUT2D eigenvalue weighted by molar-refractivity contribution is -0.138. The second-order valence-corrected chi connectivity index (χ2v) is 12.7. The van der Waals surface area contributed by atoms with Gasteiger partial charge in [0.1, 0.15) is 11.4 Å². The standard InChI is InChI=1S/C32H46FN5O5/c1-31(2,13-14-34)42-21-32(3,4)43-27-12-10-23(19-25(27)33)26(20-28(39)40)38-18-17-37(30(38)41)16-6-8-24-11-9-22-7-5-15-35-29(22)36-24/h9-12,19,26H,5-8,13-18,20-21,34H2,1-4H3,(H,35,36)(H,39,40)/t26-/m0/s1. The zero-order valence-electron chi connectivity index (χ0n) is 25.8. The van der Waals surface area contributed by atoms with Gasteiger partial charge in [0.05, 0.1) is 24.7 Å². The molecule has 3 heterocycles. The second kappa shape index (κ2) is 13.9. The summed E-state index contributed by atoms with van der Waals surface area (Å²) in [5.74, 6) is -0.709. The lowest BCUT2D eigenvalue weighted by Gasteiger charge is -2.32. The molecule has 236 valence electrons. The Morgan fingerprint density at radius 1 is 1.19 bits per heavy atom. The third-order valence-corrected chi connectivity index (χ3v) is 7.97. The van der Waals surface area contributed by atoms with Crippen molar-refractivity contribution in [2.24, 2.45) is 5.73 Å². The van der Waals surface area contributed by atoms with Crippen LogP contribution in [0.4, 0.5) is 15.0 Å². The first-order chi connectivity index (χ1) is 20.4. The zero-order chi connectivity index (χ0) is 31.2. The van der Waals surface area contributed by atoms with E-state index in [2.05, 4.69) is 11.4 Å². The highest BCUT2D eigenvalue weighted by Crippen LogP contribution is 2.33. The molecule has 2 aromatic rings. The molecule has 4 rings (SSSR count). The van der Waals surface area contributed by atoms with Crippen LogP contribution in [0.2, 0.25) is 0 Å². The highest BCUT2D eigenvalue weighted by Gasteiger charge is 2.36. The van der Waals surface area contributed by atoms with Crippen LogP contribution in [0.5, 0.6) is 5.75 Å². The average Bonchev–Trinajstić information content (AvgIpc) is 3.31. The molecule has 1 aromatic heterocycles. The summed E-state index contributed by atoms with van der Waals surface area (Å²) in [6, 6.07) is 7.51. The summed E-state index contributed by atoms with van der Waals surface area (Å²) >= 11 is 0. The summed E-state index contributed by atoms with van der Waals surface area (Å²) in [5, 5.41) is 13.0. The number of urea groups is 1. The number of ether oxygens (including phenoxy) is 2. The molecular weight excluding hydrogens is 553 g/mol. The van der Waals surface area contributed by atoms with Gasteiger partial charge in [-0.2, -0.15) is 0 Å². The molecule has 1 saturated heterocycles. The summed E-state index contributed by atoms with van der Waals surface area (Å²) in [4.78, 5) is 33.2. The third-order valence-electron chi connectivity index (χ3n) is 7.97. The van der Waals surface area contributed by atoms with Gasteiger partial charge in [0, 0.05) is 31.9 Å². The van der Waals surface area contributed by atoms with Crippen LogP contribution in [0.3, 0.4) is 0 Å². The Hall–Kier alpha value is -3.44. The number of pyridine rings is 1. The molecule has 0 aliphatic carbocycles. The number of rotatable bonds is 15. The third kappa shape index (κ3) is 8.79. The Morgan fingerprint density at radius 2 is 1.98 bits per heavy atom. The van der Waals surface area contributed by atoms with E-state index in [-0.39, 0.29) is 24.8 Å². The molecule has 0 bridgehead atoms. The maximum absolute atomic E-state index is 15.3. The number of carbonyl (C=O) groups is 2. The number of aryl methyl sites for hydroxylation is 2. The number of benzene rings is 1. The van der Waals surface area contributed by atoms with E-state index < -0.39 is 29.0 Å². The van der Waals surface area contributed by atoms with E-state index in [4.69, 9.17) is 20.2 Å². The van der Waals surface area contributed by atoms with Gasteiger partial charge in [-0.25, -0.2) is 14.2 Å². The molecule has 0 radical (unpaired) electrons. The molecule has 0 spiro atoms. The van der Waals surface area contributed by atoms with Crippen LogP contribution in [0.15, 0.2) is 30.3 Å². The predicted octanol–water partition coefficient (Wildman–Crippen LogP) is 4.77. The number of anilines is 1. The van der Waals surface area contributed by atoms with Gasteiger partial charge in [-0.1, -0.05) is 12.1 Å². The van der Waals surface area contributed by atoms with Gasteiger partial charge in [0.25, 0.3) is 0 Å². The second-order valence-electron chi connectivity index (χ2n) is 12.7. The number of nitrogens with zero attached hydrogens (tertiary/aromatic N) is 3. The summed E-state index contributed by atoms with van der Waals surface area (Å²) in [6.07, 6.45) is 3.95. The maximum atomic E-state index is 15.3. The molecule has 0 saturated carbocycles. The first-order valence-electron chi connectivity index (χ1n) is 15.2. The van der Waals surface area contributed by atoms with Crippen LogP contribution in [0.25, 0.3) is 0 Å². The molecule has 1 atom stereocenters. The number of carbonyl (C=O) groups excluding carboxylic acids is 1. The molecule has 10 nitrogen and oxygen atoms in total. The minimum atomic E-state index is -1.07. The van der Waals surface area contributed by atoms with E-state index >= 15 is 4.39 Å². The van der Waals surface area contributed by atoms with Crippen LogP contribution < -0.4 is 15.8 Å². The lowest BCUT2D eigenvalue weighted by atomic mass is 10.0. The Balaban J connectivity index is 1.38. The number of nitrogens with one attached hydrogen (secondary N) is 1. The topological polar surface area (TPSA) is 130 Å². The smallest absolute Gasteiger partial charge is 0.320 e. The van der Waals surface area contributed by atoms with E-state index in [1.807, 2.05) is 33.8 Å². The fourth-order valence-electron chi connectivity index (χ4n) is 5.55. The van der Waals surface area contributed by atoms with Gasteiger partial charge in [0.15, 0.2) is 11.6 Å². The van der Waals surface area contributed by atoms with E-state index in [9.17, 15) is 14.7 Å². The zero-order valence-corrected chi connectivity index (χ0v) is 25.8. The molecule has 11 heteroatoms. The number of hydrogen-bond acceptors (Lipinski definition) is 7. The minimum absolute atomic E-state index is 0.0309. The van der Waals surface area contributed by atoms with Crippen LogP contribution in [-0.4, -0.2) is 82.4 Å². The van der Waals surface area contributed by atoms with E-state index in [1.165, 1.54) is 22.6 Å². The van der Waals surface area contributed by atoms with E-state index in [1.54, 1.807) is 11.0 Å². The van der Waals surface area contributed by atoms with Crippen molar-refractivity contribution in [1.29, 1.82) is 0 Å². The van der Waals surface area contributed by atoms with Gasteiger partial charge < -0.3 is 35.4 Å². The Labute approximate surface area is 253 Å². The molecular formula is C32H46FN5O5. The number of halogens is 1. The largest absolute Gasteiger partial charge is 0.482 e. The number of amides is 2. The summed E-state index contributed by atoms with van der Waals surface area (Å²) in [5.41, 5.74) is 7.02. The highest BCUT2D eigenvalue weighted by molar-refractivity contribution is 5.78. The number of aromatic nitrogens is 1. The average molecular weight is 600 g/mol. The minimum Gasteiger partial charge on any atom is -0.482 e. The Kier molecular flexibility index (Phi) is 10.5. The number of nitrogens with two attached hydrogens (primary N) is 1. The summed E-state index contributed by atoms with van der Waals surface area (Å²) < 4.78 is 27.2. The Bertz CT molecular complexity index is 1290. The van der Waals surface area contributed by atoms with Gasteiger partial charge in [-0.05, 0) is 95.7 Å². The van der Waals surface area contributed by atoms with E-state index in [0.29, 0.717) is 38.2 Å². The van der Waals surface area contributed by atoms with Crippen LogP contribution in [0.1, 0.15) is 76.2 Å². The van der Waals surface area contributed by atoms with Crippen molar-refractivity contribution in [3.05, 3.63) is 53.0 Å². The lowest BCUT2D eigenvalue weighted by Crippen LogP contribution is -2.39. The van der Waals surface area contributed by atoms with Crippen molar-refractivity contribution in [2.75, 3.05) is 44.6 Å².